The lowest BCUT2D eigenvalue weighted by atomic mass is 9.93. The van der Waals surface area contributed by atoms with E-state index in [1.807, 2.05) is 41.4 Å². The highest BCUT2D eigenvalue weighted by Gasteiger charge is 2.29. The summed E-state index contributed by atoms with van der Waals surface area (Å²) in [5.74, 6) is 0.564. The number of carbonyl (C=O) groups excluding carboxylic acids is 1. The fraction of sp³-hybridized carbons (Fsp3) is 0.417. The second-order valence-corrected chi connectivity index (χ2v) is 8.54. The first kappa shape index (κ1) is 22.7. The van der Waals surface area contributed by atoms with Gasteiger partial charge in [-0.2, -0.15) is 5.26 Å². The zero-order valence-corrected chi connectivity index (χ0v) is 18.8. The number of anilines is 1. The predicted molar refractivity (Wildman–Crippen MR) is 125 cm³/mol. The number of primary amides is 1. The number of rotatable bonds is 8. The minimum atomic E-state index is -0.527. The molecule has 1 aliphatic heterocycles. The summed E-state index contributed by atoms with van der Waals surface area (Å²) >= 11 is 0. The Balaban J connectivity index is 1.51. The van der Waals surface area contributed by atoms with Gasteiger partial charge in [-0.15, -0.1) is 0 Å². The molecule has 172 valence electrons. The molecule has 0 saturated carbocycles. The van der Waals surface area contributed by atoms with Gasteiger partial charge in [-0.05, 0) is 43.7 Å². The van der Waals surface area contributed by atoms with E-state index in [0.717, 1.165) is 41.9 Å². The number of piperidine rings is 1. The van der Waals surface area contributed by atoms with Crippen molar-refractivity contribution in [3.05, 3.63) is 54.0 Å². The Morgan fingerprint density at radius 1 is 1.30 bits per heavy atom. The van der Waals surface area contributed by atoms with Crippen LogP contribution < -0.4 is 10.6 Å². The number of benzene rings is 1. The molecule has 9 nitrogen and oxygen atoms in total. The molecule has 9 heteroatoms. The standard InChI is InChI=1S/C24H29N7O2/c1-2-30(12-18-5-3-17(11-25)4-6-18)23-20-8-10-31(24(20)28-16-27-23)13-19-7-9-29(14-21(19)32)15-22(26)33/h3-6,8,10,16,19,21,32H,2,7,9,12-15H2,1H3,(H2,26,33). The number of amides is 1. The van der Waals surface area contributed by atoms with Gasteiger partial charge in [0.15, 0.2) is 0 Å². The second kappa shape index (κ2) is 9.98. The smallest absolute Gasteiger partial charge is 0.231 e. The summed E-state index contributed by atoms with van der Waals surface area (Å²) in [7, 11) is 0. The van der Waals surface area contributed by atoms with Gasteiger partial charge in [0, 0.05) is 38.3 Å². The van der Waals surface area contributed by atoms with E-state index in [0.29, 0.717) is 25.2 Å². The van der Waals surface area contributed by atoms with Crippen LogP contribution in [0.4, 0.5) is 5.82 Å². The molecule has 2 atom stereocenters. The molecule has 1 saturated heterocycles. The van der Waals surface area contributed by atoms with Crippen molar-refractivity contribution < 1.29 is 9.90 Å². The first-order chi connectivity index (χ1) is 16.0. The number of fused-ring (bicyclic) bond motifs is 1. The fourth-order valence-corrected chi connectivity index (χ4v) is 4.51. The van der Waals surface area contributed by atoms with Crippen molar-refractivity contribution in [2.45, 2.75) is 32.5 Å². The molecule has 1 aromatic carbocycles. The number of aromatic nitrogens is 3. The molecular weight excluding hydrogens is 418 g/mol. The minimum Gasteiger partial charge on any atom is -0.391 e. The number of β-amino-alcohol motifs (C(OH)–C–C–N with tert-alkyl or cyclic N) is 1. The van der Waals surface area contributed by atoms with E-state index < -0.39 is 6.10 Å². The quantitative estimate of drug-likeness (QED) is 0.536. The van der Waals surface area contributed by atoms with Crippen LogP contribution in [0.25, 0.3) is 11.0 Å². The number of hydrogen-bond donors (Lipinski definition) is 2. The summed E-state index contributed by atoms with van der Waals surface area (Å²) < 4.78 is 2.08. The third-order valence-corrected chi connectivity index (χ3v) is 6.29. The zero-order valence-electron chi connectivity index (χ0n) is 18.8. The van der Waals surface area contributed by atoms with Crippen LogP contribution in [-0.2, 0) is 17.9 Å². The lowest BCUT2D eigenvalue weighted by Gasteiger charge is -2.35. The second-order valence-electron chi connectivity index (χ2n) is 8.54. The van der Waals surface area contributed by atoms with Crippen LogP contribution in [0.5, 0.6) is 0 Å². The highest BCUT2D eigenvalue weighted by atomic mass is 16.3. The topological polar surface area (TPSA) is 124 Å². The van der Waals surface area contributed by atoms with Gasteiger partial charge in [-0.25, -0.2) is 9.97 Å². The molecule has 0 radical (unpaired) electrons. The number of likely N-dealkylation sites (tertiary alicyclic amines) is 1. The molecule has 4 rings (SSSR count). The maximum atomic E-state index is 11.2. The van der Waals surface area contributed by atoms with Crippen molar-refractivity contribution in [2.24, 2.45) is 11.7 Å². The average molecular weight is 448 g/mol. The highest BCUT2D eigenvalue weighted by Crippen LogP contribution is 2.27. The Labute approximate surface area is 193 Å². The van der Waals surface area contributed by atoms with Crippen LogP contribution in [0.2, 0.25) is 0 Å². The summed E-state index contributed by atoms with van der Waals surface area (Å²) in [5.41, 5.74) is 7.88. The van der Waals surface area contributed by atoms with Crippen LogP contribution in [0.1, 0.15) is 24.5 Å². The molecule has 3 N–H and O–H groups in total. The largest absolute Gasteiger partial charge is 0.391 e. The number of nitriles is 1. The van der Waals surface area contributed by atoms with Crippen LogP contribution >= 0.6 is 0 Å². The molecule has 1 amide bonds. The molecular formula is C24H29N7O2. The number of aliphatic hydroxyl groups is 1. The van der Waals surface area contributed by atoms with Gasteiger partial charge in [0.05, 0.1) is 29.7 Å². The van der Waals surface area contributed by atoms with Gasteiger partial charge >= 0.3 is 0 Å². The van der Waals surface area contributed by atoms with Crippen molar-refractivity contribution >= 4 is 22.8 Å². The average Bonchev–Trinajstić information content (AvgIpc) is 3.22. The first-order valence-electron chi connectivity index (χ1n) is 11.2. The maximum absolute atomic E-state index is 11.2. The summed E-state index contributed by atoms with van der Waals surface area (Å²) in [6, 6.07) is 11.8. The summed E-state index contributed by atoms with van der Waals surface area (Å²) in [6.45, 7) is 5.54. The van der Waals surface area contributed by atoms with Crippen LogP contribution in [0, 0.1) is 17.2 Å². The Morgan fingerprint density at radius 3 is 2.76 bits per heavy atom. The van der Waals surface area contributed by atoms with Gasteiger partial charge < -0.3 is 20.3 Å². The predicted octanol–water partition coefficient (Wildman–Crippen LogP) is 1.50. The number of carbonyl (C=O) groups is 1. The first-order valence-corrected chi connectivity index (χ1v) is 11.2. The van der Waals surface area contributed by atoms with E-state index in [2.05, 4.69) is 32.4 Å². The molecule has 2 unspecified atom stereocenters. The number of nitrogens with zero attached hydrogens (tertiary/aromatic N) is 6. The van der Waals surface area contributed by atoms with Crippen LogP contribution in [0.15, 0.2) is 42.9 Å². The molecule has 3 heterocycles. The van der Waals surface area contributed by atoms with Crippen LogP contribution in [-0.4, -0.2) is 62.7 Å². The van der Waals surface area contributed by atoms with Gasteiger partial charge in [-0.1, -0.05) is 12.1 Å². The molecule has 1 aliphatic rings. The van der Waals surface area contributed by atoms with E-state index >= 15 is 0 Å². The third kappa shape index (κ3) is 5.13. The van der Waals surface area contributed by atoms with Crippen molar-refractivity contribution in [2.75, 3.05) is 31.1 Å². The zero-order chi connectivity index (χ0) is 23.4. The summed E-state index contributed by atoms with van der Waals surface area (Å²) in [4.78, 5) is 24.4. The Bertz CT molecular complexity index is 1150. The molecule has 2 aromatic heterocycles. The normalized spacial score (nSPS) is 18.8. The van der Waals surface area contributed by atoms with Gasteiger partial charge in [0.2, 0.25) is 5.91 Å². The molecule has 0 spiro atoms. The number of nitrogens with two attached hydrogens (primary N) is 1. The lowest BCUT2D eigenvalue weighted by molar-refractivity contribution is -0.120. The van der Waals surface area contributed by atoms with Crippen molar-refractivity contribution in [1.82, 2.24) is 19.4 Å². The molecule has 1 fully saturated rings. The van der Waals surface area contributed by atoms with E-state index in [4.69, 9.17) is 11.0 Å². The summed E-state index contributed by atoms with van der Waals surface area (Å²) in [6.07, 6.45) is 3.84. The third-order valence-electron chi connectivity index (χ3n) is 6.29. The molecule has 0 bridgehead atoms. The van der Waals surface area contributed by atoms with Crippen molar-refractivity contribution in [1.29, 1.82) is 5.26 Å². The Hall–Kier alpha value is -3.48. The van der Waals surface area contributed by atoms with Gasteiger partial charge in [0.1, 0.15) is 17.8 Å². The van der Waals surface area contributed by atoms with Crippen molar-refractivity contribution in [3.63, 3.8) is 0 Å². The van der Waals surface area contributed by atoms with Gasteiger partial charge in [-0.3, -0.25) is 9.69 Å². The van der Waals surface area contributed by atoms with E-state index in [1.165, 1.54) is 0 Å². The minimum absolute atomic E-state index is 0.0732. The van der Waals surface area contributed by atoms with E-state index in [9.17, 15) is 9.90 Å². The highest BCUT2D eigenvalue weighted by molar-refractivity contribution is 5.87. The monoisotopic (exact) mass is 447 g/mol. The Kier molecular flexibility index (Phi) is 6.87. The molecule has 0 aliphatic carbocycles. The molecule has 33 heavy (non-hydrogen) atoms. The van der Waals surface area contributed by atoms with Crippen molar-refractivity contribution in [3.8, 4) is 6.07 Å². The Morgan fingerprint density at radius 2 is 2.09 bits per heavy atom. The van der Waals surface area contributed by atoms with E-state index in [-0.39, 0.29) is 18.4 Å². The lowest BCUT2D eigenvalue weighted by Crippen LogP contribution is -2.47. The summed E-state index contributed by atoms with van der Waals surface area (Å²) in [5, 5.41) is 20.6. The fourth-order valence-electron chi connectivity index (χ4n) is 4.51. The number of aliphatic hydroxyl groups excluding tert-OH is 1. The molecule has 3 aromatic rings. The number of hydrogen-bond acceptors (Lipinski definition) is 7. The van der Waals surface area contributed by atoms with E-state index in [1.54, 1.807) is 6.33 Å². The maximum Gasteiger partial charge on any atom is 0.231 e. The van der Waals surface area contributed by atoms with Crippen LogP contribution in [0.3, 0.4) is 0 Å². The van der Waals surface area contributed by atoms with Gasteiger partial charge in [0.25, 0.3) is 0 Å². The SMILES string of the molecule is CCN(Cc1ccc(C#N)cc1)c1ncnc2c1ccn2CC1CCN(CC(N)=O)CC1O.